The first-order valence-corrected chi connectivity index (χ1v) is 40.8. The van der Waals surface area contributed by atoms with Crippen molar-refractivity contribution in [2.24, 2.45) is 0 Å². The zero-order valence-electron chi connectivity index (χ0n) is 64.9. The van der Waals surface area contributed by atoms with Gasteiger partial charge in [-0.1, -0.05) is 193 Å². The third kappa shape index (κ3) is 29.2. The topological polar surface area (TPSA) is 533 Å². The highest BCUT2D eigenvalue weighted by Gasteiger charge is 2.58. The molecule has 20 N–H and O–H groups in total. The molecule has 34 heteroatoms. The number of unbranched alkanes of at least 4 members (excludes halogenated alkanes) is 27. The van der Waals surface area contributed by atoms with Crippen molar-refractivity contribution >= 4 is 11.8 Å². The van der Waals surface area contributed by atoms with Crippen molar-refractivity contribution < 1.29 is 158 Å². The van der Waals surface area contributed by atoms with E-state index < -0.39 is 242 Å². The van der Waals surface area contributed by atoms with Crippen molar-refractivity contribution in [1.82, 2.24) is 10.6 Å². The van der Waals surface area contributed by atoms with E-state index >= 15 is 0 Å². The normalized spacial score (nSPS) is 37.7. The van der Waals surface area contributed by atoms with Gasteiger partial charge in [-0.25, -0.2) is 0 Å². The Balaban J connectivity index is 1.07. The highest BCUT2D eigenvalue weighted by Crippen LogP contribution is 2.38. The Labute approximate surface area is 646 Å². The van der Waals surface area contributed by atoms with Crippen LogP contribution >= 0.6 is 0 Å². The van der Waals surface area contributed by atoms with Crippen LogP contribution in [0.3, 0.4) is 0 Å². The summed E-state index contributed by atoms with van der Waals surface area (Å²) in [5, 5.41) is 205. The first-order valence-electron chi connectivity index (χ1n) is 40.8. The molecule has 0 aromatic heterocycles. The van der Waals surface area contributed by atoms with E-state index in [4.69, 9.17) is 56.8 Å². The van der Waals surface area contributed by atoms with E-state index in [1.165, 1.54) is 129 Å². The van der Waals surface area contributed by atoms with E-state index in [1.807, 2.05) is 6.08 Å². The van der Waals surface area contributed by atoms with Gasteiger partial charge in [0, 0.05) is 13.3 Å². The fourth-order valence-electron chi connectivity index (χ4n) is 15.0. The molecule has 0 radical (unpaired) electrons. The van der Waals surface area contributed by atoms with E-state index in [9.17, 15) is 102 Å². The maximum Gasteiger partial charge on any atom is 0.220 e. The summed E-state index contributed by atoms with van der Waals surface area (Å²) in [7, 11) is 0. The molecular formula is C76H138N2O32. The zero-order valence-corrected chi connectivity index (χ0v) is 64.9. The quantitative estimate of drug-likeness (QED) is 0.0263. The Bertz CT molecular complexity index is 2490. The number of ether oxygens (including phenoxy) is 12. The van der Waals surface area contributed by atoms with Gasteiger partial charge in [-0.3, -0.25) is 9.59 Å². The van der Waals surface area contributed by atoms with Crippen molar-refractivity contribution in [3.8, 4) is 0 Å². The standard InChI is InChI=1S/C76H138N2O32/c1-5-7-9-11-13-15-17-19-20-21-22-24-26-28-30-32-34-36-52(86)78-45(46(85)35-33-31-29-27-25-23-18-16-14-12-10-8-6-2)42-99-72-63(96)60(93)66(50(40-82)104-72)106-74-64(97)61(94)67(51(41-83)105-74)107-75-65(98)69(57(90)49(39-81)102-75)109-71-53(77-44(4)84)68(56(89)48(38-80)101-71)108-76-70(59(92)55(88)47(37-79)103-76)110-73-62(95)58(91)54(87)43(3)100-73/h33,35,43,45-51,53-76,79-83,85,87-98H,5-32,34,36-42H2,1-4H3,(H,77,84)(H,78,86)/b35-33+/t43?,45-,46+,47?,48?,49?,50?,51?,53?,54+,55-,56-,57-,58?,59-,60+,61+,62-,63?,64?,65?,66+,67-,68+,69-,70?,71-,72+,73+,74-,75-,76-/m0/s1. The minimum absolute atomic E-state index is 0.186. The molecule has 644 valence electrons. The van der Waals surface area contributed by atoms with E-state index in [-0.39, 0.29) is 12.3 Å². The first kappa shape index (κ1) is 96.3. The van der Waals surface area contributed by atoms with Gasteiger partial charge in [0.15, 0.2) is 37.7 Å². The van der Waals surface area contributed by atoms with Crippen LogP contribution in [0.25, 0.3) is 0 Å². The van der Waals surface area contributed by atoms with Gasteiger partial charge < -0.3 is 159 Å². The van der Waals surface area contributed by atoms with Crippen molar-refractivity contribution in [3.05, 3.63) is 12.2 Å². The Morgan fingerprint density at radius 1 is 0.373 bits per heavy atom. The Hall–Kier alpha value is -2.52. The van der Waals surface area contributed by atoms with Gasteiger partial charge in [0.05, 0.1) is 57.9 Å². The molecule has 0 aromatic carbocycles. The lowest BCUT2D eigenvalue weighted by atomic mass is 9.94. The zero-order chi connectivity index (χ0) is 80.4. The Morgan fingerprint density at radius 2 is 0.736 bits per heavy atom. The third-order valence-corrected chi connectivity index (χ3v) is 21.8. The molecule has 0 aromatic rings. The van der Waals surface area contributed by atoms with Crippen LogP contribution in [0.1, 0.15) is 220 Å². The molecule has 6 rings (SSSR count). The first-order chi connectivity index (χ1) is 52.9. The Morgan fingerprint density at radius 3 is 1.23 bits per heavy atom. The lowest BCUT2D eigenvalue weighted by molar-refractivity contribution is -0.393. The fourth-order valence-corrected chi connectivity index (χ4v) is 15.0. The van der Waals surface area contributed by atoms with Crippen molar-refractivity contribution in [2.75, 3.05) is 39.6 Å². The number of rotatable bonds is 52. The average molecular weight is 1590 g/mol. The average Bonchev–Trinajstić information content (AvgIpc) is 0.770. The number of hydrogen-bond acceptors (Lipinski definition) is 32. The van der Waals surface area contributed by atoms with Crippen LogP contribution in [0.15, 0.2) is 12.2 Å². The maximum atomic E-state index is 13.5. The van der Waals surface area contributed by atoms with Crippen LogP contribution in [0.5, 0.6) is 0 Å². The van der Waals surface area contributed by atoms with Gasteiger partial charge in [0.25, 0.3) is 0 Å². The molecule has 110 heavy (non-hydrogen) atoms. The van der Waals surface area contributed by atoms with Crippen LogP contribution in [0.4, 0.5) is 0 Å². The second kappa shape index (κ2) is 51.6. The molecule has 6 heterocycles. The maximum absolute atomic E-state index is 13.5. The van der Waals surface area contributed by atoms with E-state index in [2.05, 4.69) is 24.5 Å². The molecule has 6 aliphatic heterocycles. The summed E-state index contributed by atoms with van der Waals surface area (Å²) in [6.45, 7) is 1.36. The number of carbonyl (C=O) groups is 2. The lowest BCUT2D eigenvalue weighted by Gasteiger charge is -2.51. The summed E-state index contributed by atoms with van der Waals surface area (Å²) >= 11 is 0. The smallest absolute Gasteiger partial charge is 0.220 e. The third-order valence-electron chi connectivity index (χ3n) is 21.8. The Kier molecular flexibility index (Phi) is 45.2. The van der Waals surface area contributed by atoms with Crippen LogP contribution in [0.2, 0.25) is 0 Å². The van der Waals surface area contributed by atoms with E-state index in [0.717, 1.165) is 58.3 Å². The lowest BCUT2D eigenvalue weighted by Crippen LogP contribution is -2.70. The number of allylic oxidation sites excluding steroid dienone is 1. The molecule has 6 fully saturated rings. The minimum Gasteiger partial charge on any atom is -0.394 e. The predicted molar refractivity (Wildman–Crippen MR) is 390 cm³/mol. The number of amides is 2. The van der Waals surface area contributed by atoms with Gasteiger partial charge >= 0.3 is 0 Å². The van der Waals surface area contributed by atoms with Crippen LogP contribution < -0.4 is 10.6 Å². The number of aliphatic hydroxyl groups is 18. The summed E-state index contributed by atoms with van der Waals surface area (Å²) < 4.78 is 70.7. The van der Waals surface area contributed by atoms with Gasteiger partial charge in [-0.05, 0) is 26.2 Å². The molecule has 34 nitrogen and oxygen atoms in total. The minimum atomic E-state index is -2.25. The van der Waals surface area contributed by atoms with Gasteiger partial charge in [0.2, 0.25) is 11.8 Å². The fraction of sp³-hybridized carbons (Fsp3) is 0.947. The molecule has 0 aliphatic carbocycles. The number of hydrogen-bond donors (Lipinski definition) is 20. The summed E-state index contributed by atoms with van der Waals surface area (Å²) in [5.74, 6) is -1.20. The molecule has 2 amide bonds. The monoisotopic (exact) mass is 1590 g/mol. The SMILES string of the molecule is CCCCCCCCCCCCC/C=C/[C@@H](O)[C@H](CO[C@@H]1OC(CO)[C@@H](O[C@@H]2OC(CO)[C@H](O[C@@H]3OC(CO)[C@H](O)[C@H](O[C@@H]4OC(CO)[C@H](O)[C@H](O[C@@H]5OC(CO)[C@H](O)[C@H](O)C5O[C@H]5OC(C)[C@@H](O)C(O)[C@@H]5O)C4NC(C)=O)C3O)[C@H](O)C2O)[C@H](O)C1O)NC(=O)CCCCCCCCCCCCCCCCCCC. The van der Waals surface area contributed by atoms with Crippen LogP contribution in [-0.2, 0) is 66.4 Å². The molecule has 32 atom stereocenters. The van der Waals surface area contributed by atoms with Crippen molar-refractivity contribution in [2.45, 2.75) is 417 Å². The summed E-state index contributed by atoms with van der Waals surface area (Å²) in [6.07, 6.45) is -18.9. The molecular weight excluding hydrogens is 1450 g/mol. The molecule has 6 saturated heterocycles. The van der Waals surface area contributed by atoms with Crippen molar-refractivity contribution in [1.29, 1.82) is 0 Å². The largest absolute Gasteiger partial charge is 0.394 e. The van der Waals surface area contributed by atoms with E-state index in [1.54, 1.807) is 6.08 Å². The van der Waals surface area contributed by atoms with Crippen molar-refractivity contribution in [3.63, 3.8) is 0 Å². The van der Waals surface area contributed by atoms with Gasteiger partial charge in [-0.2, -0.15) is 0 Å². The molecule has 12 unspecified atom stereocenters. The predicted octanol–water partition coefficient (Wildman–Crippen LogP) is -0.760. The number of nitrogens with one attached hydrogen (secondary N) is 2. The molecule has 6 aliphatic rings. The summed E-state index contributed by atoms with van der Waals surface area (Å²) in [6, 6.07) is -2.87. The van der Waals surface area contributed by atoms with Gasteiger partial charge in [-0.15, -0.1) is 0 Å². The van der Waals surface area contributed by atoms with Crippen LogP contribution in [0, 0.1) is 0 Å². The number of carbonyl (C=O) groups excluding carboxylic acids is 2. The summed E-state index contributed by atoms with van der Waals surface area (Å²) in [4.78, 5) is 26.5. The molecule has 0 saturated carbocycles. The molecule has 0 bridgehead atoms. The highest BCUT2D eigenvalue weighted by atomic mass is 16.8. The second-order valence-electron chi connectivity index (χ2n) is 30.6. The highest BCUT2D eigenvalue weighted by molar-refractivity contribution is 5.76. The number of aliphatic hydroxyl groups excluding tert-OH is 18. The van der Waals surface area contributed by atoms with Gasteiger partial charge in [0.1, 0.15) is 140 Å². The summed E-state index contributed by atoms with van der Waals surface area (Å²) in [5.41, 5.74) is 0. The van der Waals surface area contributed by atoms with E-state index in [0.29, 0.717) is 12.8 Å². The second-order valence-corrected chi connectivity index (χ2v) is 30.6. The molecule has 0 spiro atoms. The van der Waals surface area contributed by atoms with Crippen LogP contribution in [-0.4, -0.2) is 340 Å².